The summed E-state index contributed by atoms with van der Waals surface area (Å²) >= 11 is 3.43. The van der Waals surface area contributed by atoms with Crippen molar-refractivity contribution >= 4 is 51.0 Å². The molecule has 0 aliphatic carbocycles. The number of nitrogens with zero attached hydrogens (tertiary/aromatic N) is 2. The Morgan fingerprint density at radius 3 is 2.37 bits per heavy atom. The van der Waals surface area contributed by atoms with E-state index in [-0.39, 0.29) is 17.6 Å². The largest absolute Gasteiger partial charge is 0.494 e. The first-order chi connectivity index (χ1) is 18.5. The molecule has 3 aromatic carbocycles. The van der Waals surface area contributed by atoms with Crippen molar-refractivity contribution in [3.05, 3.63) is 94.5 Å². The van der Waals surface area contributed by atoms with Crippen molar-refractivity contribution in [3.8, 4) is 5.75 Å². The molecule has 6 rings (SSSR count). The highest BCUT2D eigenvalue weighted by atomic mass is 79.9. The average molecular weight is 571 g/mol. The van der Waals surface area contributed by atoms with Crippen LogP contribution in [-0.4, -0.2) is 36.3 Å². The molecule has 2 amide bonds. The van der Waals surface area contributed by atoms with Gasteiger partial charge in [-0.2, -0.15) is 0 Å². The van der Waals surface area contributed by atoms with E-state index >= 15 is 0 Å². The first-order valence-electron chi connectivity index (χ1n) is 13.0. The molecule has 3 heterocycles. The number of unbranched alkanes of at least 4 members (excludes halogenated alkanes) is 1. The van der Waals surface area contributed by atoms with Gasteiger partial charge in [0, 0.05) is 15.7 Å². The third-order valence-electron chi connectivity index (χ3n) is 7.67. The number of fused-ring (bicyclic) bond motifs is 5. The second-order valence-electron chi connectivity index (χ2n) is 9.89. The monoisotopic (exact) mass is 570 g/mol. The topological polar surface area (TPSA) is 66.9 Å². The Kier molecular flexibility index (Phi) is 6.40. The number of rotatable bonds is 7. The van der Waals surface area contributed by atoms with E-state index < -0.39 is 23.9 Å². The predicted octanol–water partition coefficient (Wildman–Crippen LogP) is 5.90. The number of hydrogen-bond donors (Lipinski definition) is 0. The normalized spacial score (nSPS) is 23.3. The Hall–Kier alpha value is -3.71. The quantitative estimate of drug-likeness (QED) is 0.201. The van der Waals surface area contributed by atoms with Gasteiger partial charge in [0.1, 0.15) is 11.8 Å². The molecule has 0 saturated carbocycles. The summed E-state index contributed by atoms with van der Waals surface area (Å²) in [5.41, 5.74) is 2.84. The molecule has 0 radical (unpaired) electrons. The minimum atomic E-state index is -0.796. The van der Waals surface area contributed by atoms with Crippen molar-refractivity contribution in [2.24, 2.45) is 11.8 Å². The number of ether oxygens (including phenoxy) is 1. The van der Waals surface area contributed by atoms with E-state index in [0.29, 0.717) is 23.6 Å². The fourth-order valence-corrected chi connectivity index (χ4v) is 6.14. The van der Waals surface area contributed by atoms with Crippen molar-refractivity contribution in [2.75, 3.05) is 16.4 Å². The van der Waals surface area contributed by atoms with Gasteiger partial charge in [0.05, 0.1) is 30.2 Å². The van der Waals surface area contributed by atoms with E-state index in [1.54, 1.807) is 36.4 Å². The molecule has 0 bridgehead atoms. The van der Waals surface area contributed by atoms with Crippen LogP contribution in [0.5, 0.6) is 5.75 Å². The molecule has 38 heavy (non-hydrogen) atoms. The average Bonchev–Trinajstić information content (AvgIpc) is 3.42. The summed E-state index contributed by atoms with van der Waals surface area (Å²) in [6, 6.07) is 20.8. The Morgan fingerprint density at radius 2 is 1.63 bits per heavy atom. The van der Waals surface area contributed by atoms with Crippen LogP contribution in [0.15, 0.2) is 83.3 Å². The molecule has 0 spiro atoms. The highest BCUT2D eigenvalue weighted by Gasteiger charge is 2.64. The van der Waals surface area contributed by atoms with Crippen molar-refractivity contribution in [1.29, 1.82) is 0 Å². The molecule has 192 valence electrons. The Morgan fingerprint density at radius 1 is 0.921 bits per heavy atom. The summed E-state index contributed by atoms with van der Waals surface area (Å²) in [5.74, 6) is -1.53. The lowest BCUT2D eigenvalue weighted by Crippen LogP contribution is -2.48. The first-order valence-corrected chi connectivity index (χ1v) is 13.7. The fraction of sp³-hybridized carbons (Fsp3) is 0.258. The summed E-state index contributed by atoms with van der Waals surface area (Å²) in [4.78, 5) is 45.2. The van der Waals surface area contributed by atoms with Crippen LogP contribution in [0.25, 0.3) is 6.08 Å². The van der Waals surface area contributed by atoms with Crippen LogP contribution in [0.3, 0.4) is 0 Å². The van der Waals surface area contributed by atoms with Crippen LogP contribution in [0, 0.1) is 11.8 Å². The minimum Gasteiger partial charge on any atom is -0.494 e. The number of imide groups is 1. The molecule has 0 N–H and O–H groups in total. The lowest BCUT2D eigenvalue weighted by Gasteiger charge is -2.36. The molecule has 0 unspecified atom stereocenters. The van der Waals surface area contributed by atoms with Gasteiger partial charge < -0.3 is 9.64 Å². The molecule has 0 aromatic heterocycles. The van der Waals surface area contributed by atoms with E-state index in [4.69, 9.17) is 4.74 Å². The van der Waals surface area contributed by atoms with Crippen molar-refractivity contribution in [3.63, 3.8) is 0 Å². The van der Waals surface area contributed by atoms with Gasteiger partial charge in [0.25, 0.3) is 0 Å². The standard InChI is InChI=1S/C31H27BrN2O4/c1-2-3-18-38-23-15-13-22(14-16-23)33-30(36)26-25-17-10-19-6-4-5-7-24(19)34(25)28(27(26)31(33)37)29(35)20-8-11-21(32)12-9-20/h4-17,25-28H,2-3,18H2,1H3/t25-,26-,27+,28-/m0/s1. The molecule has 3 aromatic rings. The van der Waals surface area contributed by atoms with E-state index in [2.05, 4.69) is 22.9 Å². The van der Waals surface area contributed by atoms with Gasteiger partial charge in [0.2, 0.25) is 11.8 Å². The number of carbonyl (C=O) groups is 3. The highest BCUT2D eigenvalue weighted by molar-refractivity contribution is 9.10. The Bertz CT molecular complexity index is 1430. The fourth-order valence-electron chi connectivity index (χ4n) is 5.88. The van der Waals surface area contributed by atoms with Gasteiger partial charge in [-0.1, -0.05) is 71.8 Å². The van der Waals surface area contributed by atoms with E-state index in [1.807, 2.05) is 53.5 Å². The van der Waals surface area contributed by atoms with Crippen LogP contribution in [0.2, 0.25) is 0 Å². The second-order valence-corrected chi connectivity index (χ2v) is 10.8. The van der Waals surface area contributed by atoms with E-state index in [0.717, 1.165) is 28.6 Å². The number of amides is 2. The number of carbonyl (C=O) groups excluding carboxylic acids is 3. The molecular weight excluding hydrogens is 544 g/mol. The molecule has 3 aliphatic heterocycles. The van der Waals surface area contributed by atoms with Crippen LogP contribution in [0.4, 0.5) is 11.4 Å². The number of para-hydroxylation sites is 1. The van der Waals surface area contributed by atoms with Gasteiger partial charge in [-0.25, -0.2) is 4.90 Å². The third-order valence-corrected chi connectivity index (χ3v) is 8.20. The lowest BCUT2D eigenvalue weighted by atomic mass is 9.86. The van der Waals surface area contributed by atoms with Crippen molar-refractivity contribution in [1.82, 2.24) is 0 Å². The summed E-state index contributed by atoms with van der Waals surface area (Å²) < 4.78 is 6.61. The molecule has 2 fully saturated rings. The number of anilines is 2. The summed E-state index contributed by atoms with van der Waals surface area (Å²) in [5, 5.41) is 0. The maximum absolute atomic E-state index is 14.1. The third kappa shape index (κ3) is 3.97. The van der Waals surface area contributed by atoms with E-state index in [1.165, 1.54) is 4.90 Å². The Labute approximate surface area is 230 Å². The Balaban J connectivity index is 1.38. The number of hydrogen-bond acceptors (Lipinski definition) is 5. The molecule has 4 atom stereocenters. The van der Waals surface area contributed by atoms with Gasteiger partial charge >= 0.3 is 0 Å². The van der Waals surface area contributed by atoms with E-state index in [9.17, 15) is 14.4 Å². The van der Waals surface area contributed by atoms with Crippen LogP contribution in [-0.2, 0) is 9.59 Å². The predicted molar refractivity (Wildman–Crippen MR) is 150 cm³/mol. The molecule has 7 heteroatoms. The van der Waals surface area contributed by atoms with Crippen molar-refractivity contribution in [2.45, 2.75) is 31.8 Å². The SMILES string of the molecule is CCCCOc1ccc(N2C(=O)[C@@H]3[C@@H](C2=O)[C@@H]2C=Cc4ccccc4N2[C@@H]3C(=O)c2ccc(Br)cc2)cc1. The second kappa shape index (κ2) is 9.87. The smallest absolute Gasteiger partial charge is 0.240 e. The zero-order valence-corrected chi connectivity index (χ0v) is 22.5. The summed E-state index contributed by atoms with van der Waals surface area (Å²) in [6.45, 7) is 2.72. The van der Waals surface area contributed by atoms with Gasteiger partial charge in [-0.3, -0.25) is 14.4 Å². The maximum Gasteiger partial charge on any atom is 0.240 e. The maximum atomic E-state index is 14.1. The van der Waals surface area contributed by atoms with Crippen molar-refractivity contribution < 1.29 is 19.1 Å². The van der Waals surface area contributed by atoms with Crippen LogP contribution < -0.4 is 14.5 Å². The van der Waals surface area contributed by atoms with Gasteiger partial charge in [-0.15, -0.1) is 0 Å². The highest BCUT2D eigenvalue weighted by Crippen LogP contribution is 2.49. The summed E-state index contributed by atoms with van der Waals surface area (Å²) in [6.07, 6.45) is 5.95. The summed E-state index contributed by atoms with van der Waals surface area (Å²) in [7, 11) is 0. The zero-order chi connectivity index (χ0) is 26.4. The van der Waals surface area contributed by atoms with Gasteiger partial charge in [0.15, 0.2) is 5.78 Å². The lowest BCUT2D eigenvalue weighted by molar-refractivity contribution is -0.122. The molecular formula is C31H27BrN2O4. The number of halogens is 1. The molecule has 2 saturated heterocycles. The van der Waals surface area contributed by atoms with Crippen LogP contribution in [0.1, 0.15) is 35.7 Å². The van der Waals surface area contributed by atoms with Crippen LogP contribution >= 0.6 is 15.9 Å². The van der Waals surface area contributed by atoms with Gasteiger partial charge in [-0.05, 0) is 54.4 Å². The molecule has 3 aliphatic rings. The molecule has 6 nitrogen and oxygen atoms in total. The number of Topliss-reactive ketones (excluding diaryl/α,β-unsaturated/α-hetero) is 1. The number of ketones is 1. The zero-order valence-electron chi connectivity index (χ0n) is 20.9. The number of benzene rings is 3. The minimum absolute atomic E-state index is 0.164. The first kappa shape index (κ1) is 24.6.